The second-order valence-electron chi connectivity index (χ2n) is 6.03. The van der Waals surface area contributed by atoms with Crippen LogP contribution in [0.15, 0.2) is 0 Å². The Kier molecular flexibility index (Phi) is 9.11. The van der Waals surface area contributed by atoms with Crippen LogP contribution in [-0.4, -0.2) is 47.8 Å². The highest BCUT2D eigenvalue weighted by Gasteiger charge is 2.21. The van der Waals surface area contributed by atoms with Gasteiger partial charge in [0.2, 0.25) is 11.8 Å². The molecule has 0 atom stereocenters. The Labute approximate surface area is 129 Å². The van der Waals surface area contributed by atoms with Gasteiger partial charge in [0.1, 0.15) is 0 Å². The Hall–Kier alpha value is -1.06. The van der Waals surface area contributed by atoms with Crippen molar-refractivity contribution in [2.75, 3.05) is 26.2 Å². The third-order valence-corrected chi connectivity index (χ3v) is 4.19. The Morgan fingerprint density at radius 3 is 1.52 bits per heavy atom. The van der Waals surface area contributed by atoms with E-state index in [2.05, 4.69) is 13.8 Å². The topological polar surface area (TPSA) is 40.6 Å². The largest absolute Gasteiger partial charge is 0.341 e. The van der Waals surface area contributed by atoms with Gasteiger partial charge in [0, 0.05) is 39.0 Å². The number of hydrogen-bond acceptors (Lipinski definition) is 2. The van der Waals surface area contributed by atoms with E-state index in [0.29, 0.717) is 25.9 Å². The van der Waals surface area contributed by atoms with E-state index in [4.69, 9.17) is 0 Å². The summed E-state index contributed by atoms with van der Waals surface area (Å²) in [6, 6.07) is 0. The van der Waals surface area contributed by atoms with Crippen molar-refractivity contribution in [2.45, 2.75) is 71.6 Å². The van der Waals surface area contributed by atoms with Gasteiger partial charge >= 0.3 is 0 Å². The van der Waals surface area contributed by atoms with Gasteiger partial charge in [-0.1, -0.05) is 39.5 Å². The smallest absolute Gasteiger partial charge is 0.222 e. The molecule has 0 spiro atoms. The molecule has 4 nitrogen and oxygen atoms in total. The van der Waals surface area contributed by atoms with Gasteiger partial charge < -0.3 is 9.80 Å². The summed E-state index contributed by atoms with van der Waals surface area (Å²) >= 11 is 0. The molecule has 0 saturated carbocycles. The summed E-state index contributed by atoms with van der Waals surface area (Å²) in [5.74, 6) is 0.535. The zero-order valence-corrected chi connectivity index (χ0v) is 13.9. The van der Waals surface area contributed by atoms with E-state index in [0.717, 1.165) is 58.0 Å². The highest BCUT2D eigenvalue weighted by molar-refractivity contribution is 5.77. The molecule has 1 aliphatic rings. The maximum absolute atomic E-state index is 12.1. The zero-order valence-electron chi connectivity index (χ0n) is 13.9. The molecule has 1 heterocycles. The van der Waals surface area contributed by atoms with Crippen LogP contribution in [-0.2, 0) is 9.59 Å². The van der Waals surface area contributed by atoms with Crippen molar-refractivity contribution in [3.63, 3.8) is 0 Å². The summed E-state index contributed by atoms with van der Waals surface area (Å²) in [4.78, 5) is 28.2. The van der Waals surface area contributed by atoms with Crippen LogP contribution in [0.5, 0.6) is 0 Å². The van der Waals surface area contributed by atoms with Crippen LogP contribution in [0, 0.1) is 0 Å². The van der Waals surface area contributed by atoms with E-state index in [-0.39, 0.29) is 11.8 Å². The van der Waals surface area contributed by atoms with Crippen molar-refractivity contribution in [1.82, 2.24) is 9.80 Å². The molecular weight excluding hydrogens is 264 g/mol. The average Bonchev–Trinajstić information content (AvgIpc) is 2.73. The third-order valence-electron chi connectivity index (χ3n) is 4.19. The van der Waals surface area contributed by atoms with Crippen molar-refractivity contribution < 1.29 is 9.59 Å². The molecule has 0 bridgehead atoms. The second kappa shape index (κ2) is 10.6. The third kappa shape index (κ3) is 6.96. The quantitative estimate of drug-likeness (QED) is 0.645. The van der Waals surface area contributed by atoms with Crippen LogP contribution < -0.4 is 0 Å². The standard InChI is InChI=1S/C17H32N2O2/c1-3-5-7-10-16(20)18-12-9-13-19(15-14-18)17(21)11-8-6-4-2/h3-15H2,1-2H3. The van der Waals surface area contributed by atoms with Gasteiger partial charge in [-0.2, -0.15) is 0 Å². The van der Waals surface area contributed by atoms with Crippen molar-refractivity contribution in [3.8, 4) is 0 Å². The van der Waals surface area contributed by atoms with Crippen LogP contribution in [0.2, 0.25) is 0 Å². The first-order valence-electron chi connectivity index (χ1n) is 8.74. The first-order chi connectivity index (χ1) is 10.2. The molecule has 122 valence electrons. The van der Waals surface area contributed by atoms with Gasteiger partial charge in [-0.3, -0.25) is 9.59 Å². The summed E-state index contributed by atoms with van der Waals surface area (Å²) in [6.07, 6.45) is 8.77. The number of unbranched alkanes of at least 4 members (excludes halogenated alkanes) is 4. The van der Waals surface area contributed by atoms with Crippen molar-refractivity contribution in [1.29, 1.82) is 0 Å². The number of nitrogens with zero attached hydrogens (tertiary/aromatic N) is 2. The van der Waals surface area contributed by atoms with Crippen LogP contribution in [0.1, 0.15) is 71.6 Å². The zero-order chi connectivity index (χ0) is 15.5. The number of hydrogen-bond donors (Lipinski definition) is 0. The highest BCUT2D eigenvalue weighted by Crippen LogP contribution is 2.10. The van der Waals surface area contributed by atoms with Crippen LogP contribution >= 0.6 is 0 Å². The molecule has 0 aliphatic carbocycles. The number of carbonyl (C=O) groups is 2. The fourth-order valence-electron chi connectivity index (χ4n) is 2.78. The van der Waals surface area contributed by atoms with E-state index < -0.39 is 0 Å². The molecule has 4 heteroatoms. The minimum absolute atomic E-state index is 0.267. The lowest BCUT2D eigenvalue weighted by atomic mass is 10.2. The molecule has 1 saturated heterocycles. The predicted octanol–water partition coefficient (Wildman–Crippen LogP) is 3.21. The van der Waals surface area contributed by atoms with Crippen LogP contribution in [0.3, 0.4) is 0 Å². The molecule has 0 aromatic carbocycles. The SMILES string of the molecule is CCCCCC(=O)N1CCCN(C(=O)CCCCC)CC1. The summed E-state index contributed by atoms with van der Waals surface area (Å²) in [5, 5.41) is 0. The lowest BCUT2D eigenvalue weighted by Gasteiger charge is -2.22. The molecule has 0 aromatic rings. The first kappa shape index (κ1) is 18.0. The Balaban J connectivity index is 2.32. The predicted molar refractivity (Wildman–Crippen MR) is 86.1 cm³/mol. The van der Waals surface area contributed by atoms with E-state index in [1.807, 2.05) is 9.80 Å². The van der Waals surface area contributed by atoms with E-state index in [1.165, 1.54) is 0 Å². The Morgan fingerprint density at radius 2 is 1.14 bits per heavy atom. The lowest BCUT2D eigenvalue weighted by molar-refractivity contribution is -0.133. The maximum atomic E-state index is 12.1. The molecule has 1 fully saturated rings. The molecule has 21 heavy (non-hydrogen) atoms. The Bertz CT molecular complexity index is 288. The average molecular weight is 296 g/mol. The van der Waals surface area contributed by atoms with Gasteiger partial charge in [0.15, 0.2) is 0 Å². The van der Waals surface area contributed by atoms with E-state index >= 15 is 0 Å². The molecule has 0 N–H and O–H groups in total. The summed E-state index contributed by atoms with van der Waals surface area (Å²) in [7, 11) is 0. The van der Waals surface area contributed by atoms with Gasteiger partial charge in [0.25, 0.3) is 0 Å². The fourth-order valence-corrected chi connectivity index (χ4v) is 2.78. The molecule has 2 amide bonds. The van der Waals surface area contributed by atoms with Gasteiger partial charge in [0.05, 0.1) is 0 Å². The summed E-state index contributed by atoms with van der Waals surface area (Å²) in [6.45, 7) is 7.35. The van der Waals surface area contributed by atoms with Gasteiger partial charge in [-0.25, -0.2) is 0 Å². The van der Waals surface area contributed by atoms with Crippen LogP contribution in [0.25, 0.3) is 0 Å². The Morgan fingerprint density at radius 1 is 0.714 bits per heavy atom. The molecule has 0 radical (unpaired) electrons. The van der Waals surface area contributed by atoms with Gasteiger partial charge in [-0.05, 0) is 19.3 Å². The van der Waals surface area contributed by atoms with Crippen molar-refractivity contribution >= 4 is 11.8 Å². The minimum atomic E-state index is 0.267. The van der Waals surface area contributed by atoms with Crippen molar-refractivity contribution in [3.05, 3.63) is 0 Å². The highest BCUT2D eigenvalue weighted by atomic mass is 16.2. The lowest BCUT2D eigenvalue weighted by Crippen LogP contribution is -2.37. The molecule has 0 unspecified atom stereocenters. The molecule has 1 rings (SSSR count). The van der Waals surface area contributed by atoms with Gasteiger partial charge in [-0.15, -0.1) is 0 Å². The minimum Gasteiger partial charge on any atom is -0.341 e. The normalized spacial score (nSPS) is 15.9. The fraction of sp³-hybridized carbons (Fsp3) is 0.882. The summed E-state index contributed by atoms with van der Waals surface area (Å²) in [5.41, 5.74) is 0. The van der Waals surface area contributed by atoms with Crippen molar-refractivity contribution in [2.24, 2.45) is 0 Å². The van der Waals surface area contributed by atoms with Crippen LogP contribution in [0.4, 0.5) is 0 Å². The number of carbonyl (C=O) groups excluding carboxylic acids is 2. The van der Waals surface area contributed by atoms with E-state index in [1.54, 1.807) is 0 Å². The number of amides is 2. The molecule has 0 aromatic heterocycles. The van der Waals surface area contributed by atoms with E-state index in [9.17, 15) is 9.59 Å². The monoisotopic (exact) mass is 296 g/mol. The summed E-state index contributed by atoms with van der Waals surface area (Å²) < 4.78 is 0. The first-order valence-corrected chi connectivity index (χ1v) is 8.74. The maximum Gasteiger partial charge on any atom is 0.222 e. The molecule has 1 aliphatic heterocycles. The molecular formula is C17H32N2O2. The number of rotatable bonds is 8. The second-order valence-corrected chi connectivity index (χ2v) is 6.03.